The maximum absolute atomic E-state index is 13.3. The summed E-state index contributed by atoms with van der Waals surface area (Å²) in [5.74, 6) is -0.510. The fourth-order valence-electron chi connectivity index (χ4n) is 1.75. The van der Waals surface area contributed by atoms with Crippen molar-refractivity contribution >= 4 is 33.0 Å². The lowest BCUT2D eigenvalue weighted by atomic mass is 10.2. The number of halogens is 2. The van der Waals surface area contributed by atoms with Gasteiger partial charge < -0.3 is 5.73 Å². The highest BCUT2D eigenvalue weighted by atomic mass is 35.5. The minimum absolute atomic E-state index is 0.00793. The molecule has 2 aromatic rings. The SMILES string of the molecule is NCc1cc(S(=O)(=O)NCCc2ccc(Cl)s2)ccc1F. The molecule has 3 N–H and O–H groups in total. The molecule has 0 radical (unpaired) electrons. The normalized spacial score (nSPS) is 11.8. The number of hydrogen-bond acceptors (Lipinski definition) is 4. The average Bonchev–Trinajstić information content (AvgIpc) is 2.84. The summed E-state index contributed by atoms with van der Waals surface area (Å²) < 4.78 is 40.7. The zero-order valence-corrected chi connectivity index (χ0v) is 13.4. The van der Waals surface area contributed by atoms with Gasteiger partial charge >= 0.3 is 0 Å². The van der Waals surface area contributed by atoms with Gasteiger partial charge in [0.2, 0.25) is 10.0 Å². The minimum atomic E-state index is -3.67. The summed E-state index contributed by atoms with van der Waals surface area (Å²) in [4.78, 5) is 0.998. The van der Waals surface area contributed by atoms with Crippen molar-refractivity contribution < 1.29 is 12.8 Å². The van der Waals surface area contributed by atoms with Gasteiger partial charge in [-0.05, 0) is 36.8 Å². The largest absolute Gasteiger partial charge is 0.326 e. The Morgan fingerprint density at radius 3 is 2.67 bits per heavy atom. The summed E-state index contributed by atoms with van der Waals surface area (Å²) in [6, 6.07) is 7.20. The van der Waals surface area contributed by atoms with Crippen molar-refractivity contribution in [3.05, 3.63) is 50.9 Å². The van der Waals surface area contributed by atoms with Crippen LogP contribution in [0.1, 0.15) is 10.4 Å². The van der Waals surface area contributed by atoms with Gasteiger partial charge in [0.15, 0.2) is 0 Å². The molecule has 0 saturated heterocycles. The van der Waals surface area contributed by atoms with Gasteiger partial charge in [-0.1, -0.05) is 11.6 Å². The lowest BCUT2D eigenvalue weighted by Crippen LogP contribution is -2.26. The van der Waals surface area contributed by atoms with E-state index in [4.69, 9.17) is 17.3 Å². The van der Waals surface area contributed by atoms with Crippen LogP contribution in [0.15, 0.2) is 35.2 Å². The van der Waals surface area contributed by atoms with Crippen LogP contribution in [0.3, 0.4) is 0 Å². The van der Waals surface area contributed by atoms with E-state index in [1.165, 1.54) is 23.5 Å². The van der Waals surface area contributed by atoms with Crippen LogP contribution in [-0.2, 0) is 23.0 Å². The van der Waals surface area contributed by atoms with Gasteiger partial charge in [-0.15, -0.1) is 11.3 Å². The highest BCUT2D eigenvalue weighted by molar-refractivity contribution is 7.89. The van der Waals surface area contributed by atoms with Crippen LogP contribution in [0.25, 0.3) is 0 Å². The molecule has 0 aliphatic rings. The second-order valence-corrected chi connectivity index (χ2v) is 7.88. The third-order valence-corrected chi connectivity index (χ3v) is 5.59. The monoisotopic (exact) mass is 348 g/mol. The summed E-state index contributed by atoms with van der Waals surface area (Å²) >= 11 is 7.21. The molecule has 0 unspecified atom stereocenters. The molecule has 0 bridgehead atoms. The van der Waals surface area contributed by atoms with E-state index in [-0.39, 0.29) is 23.5 Å². The summed E-state index contributed by atoms with van der Waals surface area (Å²) in [5, 5.41) is 0. The van der Waals surface area contributed by atoms with E-state index < -0.39 is 15.8 Å². The van der Waals surface area contributed by atoms with Crippen molar-refractivity contribution in [2.75, 3.05) is 6.54 Å². The third kappa shape index (κ3) is 4.24. The highest BCUT2D eigenvalue weighted by Gasteiger charge is 2.15. The zero-order valence-electron chi connectivity index (χ0n) is 11.0. The van der Waals surface area contributed by atoms with Crippen LogP contribution >= 0.6 is 22.9 Å². The fraction of sp³-hybridized carbons (Fsp3) is 0.231. The summed E-state index contributed by atoms with van der Waals surface area (Å²) in [6.45, 7) is 0.192. The molecule has 0 aliphatic heterocycles. The molecule has 114 valence electrons. The molecule has 0 amide bonds. The van der Waals surface area contributed by atoms with Crippen molar-refractivity contribution in [2.45, 2.75) is 17.9 Å². The molecular weight excluding hydrogens is 335 g/mol. The molecule has 1 heterocycles. The van der Waals surface area contributed by atoms with E-state index in [1.54, 1.807) is 6.07 Å². The molecule has 0 saturated carbocycles. The van der Waals surface area contributed by atoms with Crippen molar-refractivity contribution in [3.63, 3.8) is 0 Å². The van der Waals surface area contributed by atoms with Crippen LogP contribution in [0, 0.1) is 5.82 Å². The first-order valence-corrected chi connectivity index (χ1v) is 8.82. The number of nitrogens with two attached hydrogens (primary N) is 1. The fourth-order valence-corrected chi connectivity index (χ4v) is 3.92. The standard InChI is InChI=1S/C13H14ClFN2O2S2/c14-13-4-1-10(20-13)5-6-17-21(18,19)11-2-3-12(15)9(7-11)8-16/h1-4,7,17H,5-6,8,16H2. The summed E-state index contributed by atoms with van der Waals surface area (Å²) in [7, 11) is -3.67. The van der Waals surface area contributed by atoms with Crippen molar-refractivity contribution in [1.82, 2.24) is 4.72 Å². The second kappa shape index (κ2) is 6.85. The quantitative estimate of drug-likeness (QED) is 0.842. The van der Waals surface area contributed by atoms with Crippen LogP contribution < -0.4 is 10.5 Å². The van der Waals surface area contributed by atoms with Gasteiger partial charge in [0.1, 0.15) is 5.82 Å². The zero-order chi connectivity index (χ0) is 15.5. The first-order valence-electron chi connectivity index (χ1n) is 6.15. The molecule has 0 atom stereocenters. The number of sulfonamides is 1. The van der Waals surface area contributed by atoms with Gasteiger partial charge in [0.05, 0.1) is 9.23 Å². The van der Waals surface area contributed by atoms with Crippen LogP contribution in [0.4, 0.5) is 4.39 Å². The molecule has 1 aromatic heterocycles. The molecule has 4 nitrogen and oxygen atoms in total. The smallest absolute Gasteiger partial charge is 0.240 e. The Bertz CT molecular complexity index is 732. The Morgan fingerprint density at radius 2 is 2.05 bits per heavy atom. The number of thiophene rings is 1. The first-order chi connectivity index (χ1) is 9.92. The molecule has 21 heavy (non-hydrogen) atoms. The molecule has 8 heteroatoms. The number of benzene rings is 1. The Morgan fingerprint density at radius 1 is 1.29 bits per heavy atom. The predicted octanol–water partition coefficient (Wildman–Crippen LogP) is 2.52. The summed E-state index contributed by atoms with van der Waals surface area (Å²) in [6.07, 6.45) is 0.543. The van der Waals surface area contributed by atoms with Crippen LogP contribution in [-0.4, -0.2) is 15.0 Å². The topological polar surface area (TPSA) is 72.2 Å². The second-order valence-electron chi connectivity index (χ2n) is 4.31. The molecule has 0 aliphatic carbocycles. The van der Waals surface area contributed by atoms with Gasteiger partial charge in [0, 0.05) is 23.5 Å². The van der Waals surface area contributed by atoms with Crippen LogP contribution in [0.5, 0.6) is 0 Å². The molecule has 0 spiro atoms. The number of nitrogens with one attached hydrogen (secondary N) is 1. The van der Waals surface area contributed by atoms with Gasteiger partial charge in [0.25, 0.3) is 0 Å². The maximum Gasteiger partial charge on any atom is 0.240 e. The summed E-state index contributed by atoms with van der Waals surface area (Å²) in [5.41, 5.74) is 5.54. The average molecular weight is 349 g/mol. The Kier molecular flexibility index (Phi) is 5.34. The van der Waals surface area contributed by atoms with Gasteiger partial charge in [-0.2, -0.15) is 0 Å². The minimum Gasteiger partial charge on any atom is -0.326 e. The highest BCUT2D eigenvalue weighted by Crippen LogP contribution is 2.21. The Balaban J connectivity index is 2.04. The Hall–Kier alpha value is -0.990. The third-order valence-electron chi connectivity index (χ3n) is 2.84. The van der Waals surface area contributed by atoms with E-state index in [1.807, 2.05) is 6.07 Å². The van der Waals surface area contributed by atoms with Crippen molar-refractivity contribution in [3.8, 4) is 0 Å². The molecule has 2 rings (SSSR count). The van der Waals surface area contributed by atoms with Crippen LogP contribution in [0.2, 0.25) is 4.34 Å². The van der Waals surface area contributed by atoms with E-state index in [0.29, 0.717) is 10.8 Å². The molecule has 0 fully saturated rings. The van der Waals surface area contributed by atoms with E-state index >= 15 is 0 Å². The lowest BCUT2D eigenvalue weighted by molar-refractivity contribution is 0.579. The van der Waals surface area contributed by atoms with Crippen molar-refractivity contribution in [2.24, 2.45) is 5.73 Å². The molecular formula is C13H14ClFN2O2S2. The van der Waals surface area contributed by atoms with E-state index in [9.17, 15) is 12.8 Å². The first kappa shape index (κ1) is 16.4. The van der Waals surface area contributed by atoms with Crippen molar-refractivity contribution in [1.29, 1.82) is 0 Å². The van der Waals surface area contributed by atoms with E-state index in [0.717, 1.165) is 10.9 Å². The lowest BCUT2D eigenvalue weighted by Gasteiger charge is -2.08. The number of hydrogen-bond donors (Lipinski definition) is 2. The van der Waals surface area contributed by atoms with E-state index in [2.05, 4.69) is 4.72 Å². The van der Waals surface area contributed by atoms with Gasteiger partial charge in [-0.25, -0.2) is 17.5 Å². The maximum atomic E-state index is 13.3. The molecule has 1 aromatic carbocycles. The Labute approximate surface area is 131 Å². The number of rotatable bonds is 6. The van der Waals surface area contributed by atoms with Gasteiger partial charge in [-0.3, -0.25) is 0 Å². The predicted molar refractivity (Wildman–Crippen MR) is 82.5 cm³/mol.